The van der Waals surface area contributed by atoms with Crippen LogP contribution in [-0.4, -0.2) is 48.2 Å². The lowest BCUT2D eigenvalue weighted by Gasteiger charge is -2.30. The van der Waals surface area contributed by atoms with Crippen LogP contribution in [0, 0.1) is 5.92 Å². The van der Waals surface area contributed by atoms with E-state index < -0.39 is 30.0 Å². The molecule has 0 radical (unpaired) electrons. The number of rotatable bonds is 10. The van der Waals surface area contributed by atoms with Crippen LogP contribution in [0.4, 0.5) is 0 Å². The van der Waals surface area contributed by atoms with Crippen molar-refractivity contribution in [2.75, 3.05) is 7.11 Å². The number of benzene rings is 1. The highest BCUT2D eigenvalue weighted by Gasteiger charge is 2.34. The number of nitrogens with one attached hydrogen (secondary N) is 1. The van der Waals surface area contributed by atoms with Gasteiger partial charge in [0.2, 0.25) is 5.75 Å². The topological polar surface area (TPSA) is 113 Å². The Bertz CT molecular complexity index is 1090. The first-order valence-electron chi connectivity index (χ1n) is 11.8. The zero-order valence-electron chi connectivity index (χ0n) is 20.8. The van der Waals surface area contributed by atoms with Gasteiger partial charge >= 0.3 is 11.9 Å². The van der Waals surface area contributed by atoms with E-state index in [1.807, 2.05) is 6.07 Å². The van der Waals surface area contributed by atoms with Crippen LogP contribution in [-0.2, 0) is 14.3 Å². The van der Waals surface area contributed by atoms with E-state index in [1.54, 1.807) is 25.1 Å². The molecular weight excluding hydrogens is 488 g/mol. The molecule has 1 N–H and O–H groups in total. The van der Waals surface area contributed by atoms with E-state index in [0.29, 0.717) is 10.8 Å². The minimum atomic E-state index is -1.01. The second kappa shape index (κ2) is 12.6. The van der Waals surface area contributed by atoms with Crippen LogP contribution in [0.5, 0.6) is 17.2 Å². The number of amides is 1. The number of methoxy groups -OCH3 is 1. The van der Waals surface area contributed by atoms with Crippen LogP contribution >= 0.6 is 11.6 Å². The number of halogens is 1. The highest BCUT2D eigenvalue weighted by molar-refractivity contribution is 6.30. The van der Waals surface area contributed by atoms with Crippen molar-refractivity contribution in [3.05, 3.63) is 47.2 Å². The molecule has 10 heteroatoms. The molecule has 0 spiro atoms. The van der Waals surface area contributed by atoms with Crippen LogP contribution in [0.25, 0.3) is 0 Å². The normalized spacial score (nSPS) is 15.9. The monoisotopic (exact) mass is 518 g/mol. The highest BCUT2D eigenvalue weighted by Crippen LogP contribution is 2.33. The molecule has 0 aliphatic heterocycles. The Morgan fingerprint density at radius 2 is 1.86 bits per heavy atom. The van der Waals surface area contributed by atoms with Gasteiger partial charge in [0, 0.05) is 24.2 Å². The summed E-state index contributed by atoms with van der Waals surface area (Å²) in [5, 5.41) is 3.10. The molecule has 1 amide bonds. The number of hydrogen-bond donors (Lipinski definition) is 1. The average Bonchev–Trinajstić information content (AvgIpc) is 3.36. The molecule has 1 unspecified atom stereocenters. The van der Waals surface area contributed by atoms with Crippen molar-refractivity contribution in [1.82, 2.24) is 10.3 Å². The standard InChI is InChI=1S/C26H31ClN2O7/c1-15(29-25(31)22-24(35-17(3)30)21(33-4)12-13-28-22)26(32)34-16(2)23(18-8-5-6-9-18)36-20-11-7-10-19(27)14-20/h7,10-16,18,23H,5-6,8-9H2,1-4H3,(H,29,31)/t15-,16?,23-/m0/s1. The quantitative estimate of drug-likeness (QED) is 0.462. The van der Waals surface area contributed by atoms with Gasteiger partial charge in [0.15, 0.2) is 11.4 Å². The van der Waals surface area contributed by atoms with Gasteiger partial charge in [-0.2, -0.15) is 0 Å². The van der Waals surface area contributed by atoms with Crippen LogP contribution in [0.1, 0.15) is 56.9 Å². The lowest BCUT2D eigenvalue weighted by atomic mass is 9.96. The summed E-state index contributed by atoms with van der Waals surface area (Å²) < 4.78 is 22.2. The summed E-state index contributed by atoms with van der Waals surface area (Å²) in [7, 11) is 1.37. The molecule has 1 aliphatic rings. The van der Waals surface area contributed by atoms with Crippen LogP contribution in [0.3, 0.4) is 0 Å². The Balaban J connectivity index is 1.69. The Hall–Kier alpha value is -3.33. The predicted molar refractivity (Wildman–Crippen MR) is 132 cm³/mol. The van der Waals surface area contributed by atoms with E-state index in [9.17, 15) is 14.4 Å². The fourth-order valence-corrected chi connectivity index (χ4v) is 4.41. The highest BCUT2D eigenvalue weighted by atomic mass is 35.5. The third-order valence-electron chi connectivity index (χ3n) is 5.95. The van der Waals surface area contributed by atoms with Crippen molar-refractivity contribution in [1.29, 1.82) is 0 Å². The van der Waals surface area contributed by atoms with Gasteiger partial charge in [0.1, 0.15) is 24.0 Å². The molecule has 1 fully saturated rings. The third kappa shape index (κ3) is 7.10. The summed E-state index contributed by atoms with van der Waals surface area (Å²) in [5.74, 6) is -1.14. The lowest BCUT2D eigenvalue weighted by molar-refractivity contribution is -0.156. The SMILES string of the molecule is COc1ccnc(C(=O)N[C@@H](C)C(=O)OC(C)[C@H](Oc2cccc(Cl)c2)C2CCCC2)c1OC(C)=O. The molecule has 1 aliphatic carbocycles. The van der Waals surface area contributed by atoms with Crippen molar-refractivity contribution in [2.45, 2.75) is 64.7 Å². The minimum Gasteiger partial charge on any atom is -0.493 e. The minimum absolute atomic E-state index is 0.129. The summed E-state index contributed by atoms with van der Waals surface area (Å²) in [4.78, 5) is 41.2. The molecule has 1 saturated carbocycles. The lowest BCUT2D eigenvalue weighted by Crippen LogP contribution is -2.45. The van der Waals surface area contributed by atoms with Crippen molar-refractivity contribution in [3.8, 4) is 17.2 Å². The molecule has 3 atom stereocenters. The van der Waals surface area contributed by atoms with Crippen LogP contribution < -0.4 is 19.5 Å². The second-order valence-corrected chi connectivity index (χ2v) is 9.14. The molecule has 1 aromatic heterocycles. The van der Waals surface area contributed by atoms with E-state index in [0.717, 1.165) is 25.7 Å². The van der Waals surface area contributed by atoms with E-state index in [4.69, 9.17) is 30.5 Å². The van der Waals surface area contributed by atoms with E-state index >= 15 is 0 Å². The van der Waals surface area contributed by atoms with Gasteiger partial charge in [-0.05, 0) is 50.8 Å². The summed E-state index contributed by atoms with van der Waals surface area (Å²) in [5.41, 5.74) is -0.189. The van der Waals surface area contributed by atoms with Gasteiger partial charge in [-0.25, -0.2) is 9.78 Å². The van der Waals surface area contributed by atoms with Gasteiger partial charge < -0.3 is 24.3 Å². The van der Waals surface area contributed by atoms with Crippen molar-refractivity contribution in [2.24, 2.45) is 5.92 Å². The Morgan fingerprint density at radius 3 is 2.50 bits per heavy atom. The summed E-state index contributed by atoms with van der Waals surface area (Å²) in [6.45, 7) is 4.48. The van der Waals surface area contributed by atoms with Crippen LogP contribution in [0.2, 0.25) is 5.02 Å². The maximum atomic E-state index is 12.9. The fourth-order valence-electron chi connectivity index (χ4n) is 4.23. The number of aromatic nitrogens is 1. The third-order valence-corrected chi connectivity index (χ3v) is 6.18. The maximum absolute atomic E-state index is 12.9. The molecular formula is C26H31ClN2O7. The average molecular weight is 519 g/mol. The smallest absolute Gasteiger partial charge is 0.328 e. The molecule has 3 rings (SSSR count). The first-order chi connectivity index (χ1) is 17.2. The molecule has 1 aromatic carbocycles. The number of esters is 2. The number of pyridine rings is 1. The van der Waals surface area contributed by atoms with Crippen LogP contribution in [0.15, 0.2) is 36.5 Å². The molecule has 0 saturated heterocycles. The number of hydrogen-bond acceptors (Lipinski definition) is 8. The van der Waals surface area contributed by atoms with Crippen molar-refractivity contribution in [3.63, 3.8) is 0 Å². The Kier molecular flexibility index (Phi) is 9.52. The molecule has 1 heterocycles. The molecule has 9 nitrogen and oxygen atoms in total. The largest absolute Gasteiger partial charge is 0.493 e. The summed E-state index contributed by atoms with van der Waals surface area (Å²) in [6, 6.07) is 7.55. The van der Waals surface area contributed by atoms with Gasteiger partial charge in [0.05, 0.1) is 7.11 Å². The van der Waals surface area contributed by atoms with Crippen molar-refractivity contribution < 1.29 is 33.3 Å². The van der Waals surface area contributed by atoms with Gasteiger partial charge in [-0.1, -0.05) is 30.5 Å². The van der Waals surface area contributed by atoms with Gasteiger partial charge in [-0.15, -0.1) is 0 Å². The number of nitrogens with zero attached hydrogens (tertiary/aromatic N) is 1. The fraction of sp³-hybridized carbons (Fsp3) is 0.462. The van der Waals surface area contributed by atoms with Gasteiger partial charge in [-0.3, -0.25) is 9.59 Å². The first-order valence-corrected chi connectivity index (χ1v) is 12.2. The second-order valence-electron chi connectivity index (χ2n) is 8.71. The zero-order valence-corrected chi connectivity index (χ0v) is 21.5. The summed E-state index contributed by atoms with van der Waals surface area (Å²) in [6.07, 6.45) is 4.51. The number of carbonyl (C=O) groups excluding carboxylic acids is 3. The molecule has 2 aromatic rings. The summed E-state index contributed by atoms with van der Waals surface area (Å²) >= 11 is 6.10. The number of ether oxygens (including phenoxy) is 4. The predicted octanol–water partition coefficient (Wildman–Crippen LogP) is 4.36. The van der Waals surface area contributed by atoms with E-state index in [1.165, 1.54) is 33.2 Å². The number of carbonyl (C=O) groups is 3. The van der Waals surface area contributed by atoms with E-state index in [2.05, 4.69) is 10.3 Å². The maximum Gasteiger partial charge on any atom is 0.328 e. The zero-order chi connectivity index (χ0) is 26.2. The molecule has 0 bridgehead atoms. The van der Waals surface area contributed by atoms with Crippen molar-refractivity contribution >= 4 is 29.4 Å². The van der Waals surface area contributed by atoms with E-state index in [-0.39, 0.29) is 29.2 Å². The first kappa shape index (κ1) is 27.3. The molecule has 36 heavy (non-hydrogen) atoms. The Morgan fingerprint density at radius 1 is 1.14 bits per heavy atom. The molecule has 194 valence electrons. The van der Waals surface area contributed by atoms with Gasteiger partial charge in [0.25, 0.3) is 5.91 Å². The Labute approximate surface area is 215 Å².